The molecule has 4 atom stereocenters. The number of carbonyl (C=O) groups excluding carboxylic acids is 1. The molecule has 1 N–H and O–H groups in total. The SMILES string of the molecule is O=C1N[C@H]2CC3CCC2CC13. The van der Waals surface area contributed by atoms with Crippen LogP contribution in [0.5, 0.6) is 0 Å². The molecule has 2 saturated heterocycles. The summed E-state index contributed by atoms with van der Waals surface area (Å²) in [6.07, 6.45) is 5.16. The van der Waals surface area contributed by atoms with Crippen molar-refractivity contribution in [2.75, 3.05) is 0 Å². The van der Waals surface area contributed by atoms with Crippen LogP contribution in [0.4, 0.5) is 0 Å². The Hall–Kier alpha value is -0.530. The molecule has 0 aromatic heterocycles. The molecule has 60 valence electrons. The molecule has 0 aromatic rings. The van der Waals surface area contributed by atoms with Crippen LogP contribution in [-0.4, -0.2) is 11.9 Å². The number of amides is 1. The van der Waals surface area contributed by atoms with Crippen molar-refractivity contribution >= 4 is 5.91 Å². The van der Waals surface area contributed by atoms with E-state index in [1.54, 1.807) is 0 Å². The van der Waals surface area contributed by atoms with Gasteiger partial charge in [0.05, 0.1) is 0 Å². The summed E-state index contributed by atoms with van der Waals surface area (Å²) in [6, 6.07) is 0.561. The number of fused-ring (bicyclic) bond motifs is 2. The summed E-state index contributed by atoms with van der Waals surface area (Å²) in [6.45, 7) is 0. The van der Waals surface area contributed by atoms with Crippen molar-refractivity contribution < 1.29 is 4.79 Å². The normalized spacial score (nSPS) is 52.9. The molecule has 5 aliphatic rings. The van der Waals surface area contributed by atoms with Gasteiger partial charge in [-0.1, -0.05) is 0 Å². The largest absolute Gasteiger partial charge is 0.353 e. The average molecular weight is 151 g/mol. The number of hydrogen-bond donors (Lipinski definition) is 1. The van der Waals surface area contributed by atoms with Gasteiger partial charge in [-0.15, -0.1) is 0 Å². The van der Waals surface area contributed by atoms with E-state index < -0.39 is 0 Å². The zero-order valence-corrected chi connectivity index (χ0v) is 6.55. The predicted molar refractivity (Wildman–Crippen MR) is 40.9 cm³/mol. The van der Waals surface area contributed by atoms with Crippen LogP contribution in [0, 0.1) is 17.8 Å². The molecule has 5 rings (SSSR count). The van der Waals surface area contributed by atoms with E-state index in [9.17, 15) is 4.79 Å². The second kappa shape index (κ2) is 1.79. The van der Waals surface area contributed by atoms with Crippen LogP contribution in [0.2, 0.25) is 0 Å². The third-order valence-electron chi connectivity index (χ3n) is 3.82. The fourth-order valence-corrected chi connectivity index (χ4v) is 3.22. The maximum atomic E-state index is 11.3. The zero-order chi connectivity index (χ0) is 7.42. The number of hydrogen-bond acceptors (Lipinski definition) is 1. The minimum atomic E-state index is 0.349. The van der Waals surface area contributed by atoms with E-state index in [1.807, 2.05) is 0 Å². The summed E-state index contributed by atoms with van der Waals surface area (Å²) in [5.74, 6) is 2.34. The number of carbonyl (C=O) groups is 1. The number of nitrogens with one attached hydrogen (secondary N) is 1. The van der Waals surface area contributed by atoms with Crippen LogP contribution in [0.25, 0.3) is 0 Å². The first-order valence-corrected chi connectivity index (χ1v) is 4.65. The molecule has 2 heterocycles. The molecule has 2 nitrogen and oxygen atoms in total. The highest BCUT2D eigenvalue weighted by molar-refractivity contribution is 5.81. The molecule has 0 radical (unpaired) electrons. The molecular formula is C9H13NO. The number of piperidine rings is 2. The van der Waals surface area contributed by atoms with Crippen molar-refractivity contribution in [3.63, 3.8) is 0 Å². The molecule has 3 saturated carbocycles. The third-order valence-corrected chi connectivity index (χ3v) is 3.82. The van der Waals surface area contributed by atoms with Crippen LogP contribution in [0.15, 0.2) is 0 Å². The first-order valence-electron chi connectivity index (χ1n) is 4.65. The summed E-state index contributed by atoms with van der Waals surface area (Å²) in [5, 5.41) is 3.11. The maximum Gasteiger partial charge on any atom is 0.223 e. The maximum absolute atomic E-state index is 11.3. The molecule has 4 bridgehead atoms. The Labute approximate surface area is 66.4 Å². The van der Waals surface area contributed by atoms with Crippen molar-refractivity contribution in [1.82, 2.24) is 5.32 Å². The lowest BCUT2D eigenvalue weighted by molar-refractivity contribution is -0.140. The lowest BCUT2D eigenvalue weighted by atomic mass is 9.59. The molecule has 11 heavy (non-hydrogen) atoms. The van der Waals surface area contributed by atoms with Crippen LogP contribution in [0.3, 0.4) is 0 Å². The van der Waals surface area contributed by atoms with Gasteiger partial charge in [0, 0.05) is 12.0 Å². The van der Waals surface area contributed by atoms with Crippen molar-refractivity contribution in [2.45, 2.75) is 31.7 Å². The Morgan fingerprint density at radius 1 is 1.18 bits per heavy atom. The lowest BCUT2D eigenvalue weighted by Gasteiger charge is -2.51. The molecule has 1 amide bonds. The van der Waals surface area contributed by atoms with Gasteiger partial charge in [-0.2, -0.15) is 0 Å². The molecular weight excluding hydrogens is 138 g/mol. The first-order chi connectivity index (χ1) is 5.34. The Morgan fingerprint density at radius 2 is 2.00 bits per heavy atom. The molecule has 2 aliphatic heterocycles. The van der Waals surface area contributed by atoms with Crippen molar-refractivity contribution in [3.8, 4) is 0 Å². The monoisotopic (exact) mass is 151 g/mol. The molecule has 5 fully saturated rings. The third kappa shape index (κ3) is 0.652. The van der Waals surface area contributed by atoms with Gasteiger partial charge in [0.1, 0.15) is 0 Å². The average Bonchev–Trinajstić information content (AvgIpc) is 2.05. The van der Waals surface area contributed by atoms with E-state index in [4.69, 9.17) is 0 Å². The quantitative estimate of drug-likeness (QED) is 0.548. The highest BCUT2D eigenvalue weighted by atomic mass is 16.2. The predicted octanol–water partition coefficient (Wildman–Crippen LogP) is 0.921. The molecule has 3 unspecified atom stereocenters. The standard InChI is InChI=1S/C9H13NO/c11-9-7-3-6-2-1-5(7)4-8(6)10-9/h5-8H,1-4H2,(H,10,11)/t5?,6?,7?,8-/m0/s1. The van der Waals surface area contributed by atoms with Gasteiger partial charge in [0.15, 0.2) is 0 Å². The summed E-state index contributed by atoms with van der Waals surface area (Å²) in [7, 11) is 0. The first kappa shape index (κ1) is 6.04. The molecule has 0 spiro atoms. The summed E-state index contributed by atoms with van der Waals surface area (Å²) >= 11 is 0. The van der Waals surface area contributed by atoms with E-state index in [2.05, 4.69) is 5.32 Å². The van der Waals surface area contributed by atoms with Crippen LogP contribution in [-0.2, 0) is 4.79 Å². The zero-order valence-electron chi connectivity index (χ0n) is 6.55. The van der Waals surface area contributed by atoms with Gasteiger partial charge in [0.2, 0.25) is 5.91 Å². The van der Waals surface area contributed by atoms with E-state index in [0.717, 1.165) is 11.8 Å². The van der Waals surface area contributed by atoms with E-state index in [1.165, 1.54) is 25.7 Å². The summed E-state index contributed by atoms with van der Waals surface area (Å²) in [5.41, 5.74) is 0. The smallest absolute Gasteiger partial charge is 0.223 e. The Bertz CT molecular complexity index is 214. The fourth-order valence-electron chi connectivity index (χ4n) is 3.22. The van der Waals surface area contributed by atoms with Crippen molar-refractivity contribution in [3.05, 3.63) is 0 Å². The van der Waals surface area contributed by atoms with Gasteiger partial charge < -0.3 is 5.32 Å². The van der Waals surface area contributed by atoms with E-state index >= 15 is 0 Å². The molecule has 0 aromatic carbocycles. The van der Waals surface area contributed by atoms with E-state index in [-0.39, 0.29) is 0 Å². The van der Waals surface area contributed by atoms with Crippen molar-refractivity contribution in [2.24, 2.45) is 17.8 Å². The topological polar surface area (TPSA) is 29.1 Å². The highest BCUT2D eigenvalue weighted by Gasteiger charge is 2.49. The summed E-state index contributed by atoms with van der Waals surface area (Å²) < 4.78 is 0. The minimum absolute atomic E-state index is 0.349. The van der Waals surface area contributed by atoms with Crippen LogP contribution < -0.4 is 5.32 Å². The molecule has 2 heteroatoms. The van der Waals surface area contributed by atoms with Gasteiger partial charge >= 0.3 is 0 Å². The molecule has 3 aliphatic carbocycles. The second-order valence-corrected chi connectivity index (χ2v) is 4.29. The summed E-state index contributed by atoms with van der Waals surface area (Å²) in [4.78, 5) is 11.3. The van der Waals surface area contributed by atoms with Gasteiger partial charge in [-0.05, 0) is 37.5 Å². The highest BCUT2D eigenvalue weighted by Crippen LogP contribution is 2.48. The lowest BCUT2D eigenvalue weighted by Crippen LogP contribution is -2.60. The Balaban J connectivity index is 1.99. The second-order valence-electron chi connectivity index (χ2n) is 4.29. The fraction of sp³-hybridized carbons (Fsp3) is 0.889. The van der Waals surface area contributed by atoms with Crippen molar-refractivity contribution in [1.29, 1.82) is 0 Å². The Kier molecular flexibility index (Phi) is 0.984. The van der Waals surface area contributed by atoms with Crippen LogP contribution in [0.1, 0.15) is 25.7 Å². The van der Waals surface area contributed by atoms with E-state index in [0.29, 0.717) is 17.9 Å². The minimum Gasteiger partial charge on any atom is -0.353 e. The Morgan fingerprint density at radius 3 is 2.55 bits per heavy atom. The van der Waals surface area contributed by atoms with Gasteiger partial charge in [-0.3, -0.25) is 4.79 Å². The van der Waals surface area contributed by atoms with Gasteiger partial charge in [0.25, 0.3) is 0 Å². The number of rotatable bonds is 0. The van der Waals surface area contributed by atoms with Crippen LogP contribution >= 0.6 is 0 Å². The van der Waals surface area contributed by atoms with Gasteiger partial charge in [-0.25, -0.2) is 0 Å².